The van der Waals surface area contributed by atoms with Gasteiger partial charge in [-0.05, 0) is 85.5 Å². The van der Waals surface area contributed by atoms with E-state index in [4.69, 9.17) is 9.97 Å². The molecule has 9 aromatic carbocycles. The zero-order valence-corrected chi connectivity index (χ0v) is 34.6. The third-order valence-electron chi connectivity index (χ3n) is 12.6. The number of fused-ring (bicyclic) bond motifs is 6. The SMILES string of the molecule is c1ccc(-c2cc(-c3ccc4c(c3)-c3ccccc3C4(c3ccccc3)c3ccccc3)c(-c3ccccc3)c(-c3nc(-c4ccccc4)c4sc5ccccc5c4n3)c2)cc1. The summed E-state index contributed by atoms with van der Waals surface area (Å²) in [6.07, 6.45) is 0. The van der Waals surface area contributed by atoms with Crippen LogP contribution in [0, 0.1) is 0 Å². The topological polar surface area (TPSA) is 25.8 Å². The maximum absolute atomic E-state index is 5.57. The molecule has 290 valence electrons. The summed E-state index contributed by atoms with van der Waals surface area (Å²) in [6.45, 7) is 0. The van der Waals surface area contributed by atoms with Crippen molar-refractivity contribution in [2.75, 3.05) is 0 Å². The standard InChI is InChI=1S/C59H38N2S/c1-6-20-39(21-7-1)43-37-48(42-34-35-52-49(36-42)46-30-16-18-32-51(46)59(52,44-26-12-4-13-27-44)45-28-14-5-15-29-45)54(40-22-8-2-9-23-40)50(38-43)58-60-55(41-24-10-3-11-25-41)57-56(61-58)47-31-17-19-33-53(47)62-57/h1-38H. The van der Waals surface area contributed by atoms with Gasteiger partial charge in [0.05, 0.1) is 21.3 Å². The summed E-state index contributed by atoms with van der Waals surface area (Å²) in [5, 5.41) is 1.15. The van der Waals surface area contributed by atoms with Gasteiger partial charge in [0.1, 0.15) is 0 Å². The lowest BCUT2D eigenvalue weighted by Crippen LogP contribution is -2.28. The molecule has 1 aliphatic carbocycles. The summed E-state index contributed by atoms with van der Waals surface area (Å²) in [7, 11) is 0. The van der Waals surface area contributed by atoms with Crippen LogP contribution in [0.4, 0.5) is 0 Å². The predicted octanol–water partition coefficient (Wildman–Crippen LogP) is 15.5. The average molecular weight is 807 g/mol. The van der Waals surface area contributed by atoms with Crippen molar-refractivity contribution in [2.24, 2.45) is 0 Å². The van der Waals surface area contributed by atoms with Gasteiger partial charge in [0.25, 0.3) is 0 Å². The normalized spacial score (nSPS) is 12.6. The highest BCUT2D eigenvalue weighted by molar-refractivity contribution is 7.26. The lowest BCUT2D eigenvalue weighted by Gasteiger charge is -2.34. The van der Waals surface area contributed by atoms with Gasteiger partial charge in [-0.2, -0.15) is 0 Å². The van der Waals surface area contributed by atoms with Crippen LogP contribution in [0.15, 0.2) is 231 Å². The van der Waals surface area contributed by atoms with E-state index >= 15 is 0 Å². The van der Waals surface area contributed by atoms with Crippen LogP contribution < -0.4 is 0 Å². The van der Waals surface area contributed by atoms with Gasteiger partial charge in [0, 0.05) is 26.8 Å². The molecule has 62 heavy (non-hydrogen) atoms. The minimum Gasteiger partial charge on any atom is -0.226 e. The monoisotopic (exact) mass is 806 g/mol. The molecule has 0 N–H and O–H groups in total. The minimum absolute atomic E-state index is 0.479. The van der Waals surface area contributed by atoms with Crippen molar-refractivity contribution in [2.45, 2.75) is 5.41 Å². The molecule has 0 unspecified atom stereocenters. The Labute approximate surface area is 365 Å². The second-order valence-electron chi connectivity index (χ2n) is 16.0. The Hall–Kier alpha value is -7.72. The van der Waals surface area contributed by atoms with E-state index in [9.17, 15) is 0 Å². The van der Waals surface area contributed by atoms with Crippen LogP contribution in [0.1, 0.15) is 22.3 Å². The van der Waals surface area contributed by atoms with Gasteiger partial charge in [-0.15, -0.1) is 11.3 Å². The molecule has 2 aromatic heterocycles. The Morgan fingerprint density at radius 1 is 0.355 bits per heavy atom. The van der Waals surface area contributed by atoms with E-state index < -0.39 is 5.41 Å². The van der Waals surface area contributed by atoms with Crippen molar-refractivity contribution in [3.05, 3.63) is 253 Å². The largest absolute Gasteiger partial charge is 0.226 e. The van der Waals surface area contributed by atoms with Crippen molar-refractivity contribution in [1.29, 1.82) is 0 Å². The lowest BCUT2D eigenvalue weighted by molar-refractivity contribution is 0.768. The smallest absolute Gasteiger partial charge is 0.161 e. The van der Waals surface area contributed by atoms with Gasteiger partial charge in [-0.3, -0.25) is 0 Å². The van der Waals surface area contributed by atoms with Crippen LogP contribution >= 0.6 is 11.3 Å². The van der Waals surface area contributed by atoms with Crippen molar-refractivity contribution in [3.63, 3.8) is 0 Å². The van der Waals surface area contributed by atoms with Gasteiger partial charge in [0.15, 0.2) is 5.82 Å². The van der Waals surface area contributed by atoms with Gasteiger partial charge in [-0.1, -0.05) is 206 Å². The van der Waals surface area contributed by atoms with Crippen LogP contribution in [0.3, 0.4) is 0 Å². The molecule has 0 saturated carbocycles. The minimum atomic E-state index is -0.479. The van der Waals surface area contributed by atoms with E-state index in [1.807, 2.05) is 0 Å². The average Bonchev–Trinajstić information content (AvgIpc) is 3.88. The number of nitrogens with zero attached hydrogens (tertiary/aromatic N) is 2. The highest BCUT2D eigenvalue weighted by Crippen LogP contribution is 2.57. The molecule has 0 saturated heterocycles. The summed E-state index contributed by atoms with van der Waals surface area (Å²) >= 11 is 1.76. The Balaban J connectivity index is 1.18. The third kappa shape index (κ3) is 5.70. The molecule has 0 bridgehead atoms. The summed E-state index contributed by atoms with van der Waals surface area (Å²) in [4.78, 5) is 11.1. The molecular weight excluding hydrogens is 769 g/mol. The molecule has 12 rings (SSSR count). The Morgan fingerprint density at radius 3 is 1.58 bits per heavy atom. The highest BCUT2D eigenvalue weighted by atomic mass is 32.1. The van der Waals surface area contributed by atoms with Crippen LogP contribution in [-0.4, -0.2) is 9.97 Å². The molecular formula is C59H38N2S. The fourth-order valence-electron chi connectivity index (χ4n) is 9.88. The number of aromatic nitrogens is 2. The van der Waals surface area contributed by atoms with E-state index in [1.54, 1.807) is 11.3 Å². The third-order valence-corrected chi connectivity index (χ3v) is 13.8. The summed E-state index contributed by atoms with van der Waals surface area (Å²) < 4.78 is 2.30. The second kappa shape index (κ2) is 14.8. The summed E-state index contributed by atoms with van der Waals surface area (Å²) in [5.41, 5.74) is 17.8. The molecule has 0 radical (unpaired) electrons. The number of hydrogen-bond acceptors (Lipinski definition) is 3. The first-order valence-electron chi connectivity index (χ1n) is 21.2. The molecule has 0 amide bonds. The first-order valence-corrected chi connectivity index (χ1v) is 22.0. The van der Waals surface area contributed by atoms with Gasteiger partial charge < -0.3 is 0 Å². The second-order valence-corrected chi connectivity index (χ2v) is 17.1. The molecule has 0 atom stereocenters. The number of thiophene rings is 1. The fourth-order valence-corrected chi connectivity index (χ4v) is 11.0. The van der Waals surface area contributed by atoms with E-state index in [2.05, 4.69) is 231 Å². The first-order chi connectivity index (χ1) is 30.8. The van der Waals surface area contributed by atoms with Crippen LogP contribution in [-0.2, 0) is 5.41 Å². The summed E-state index contributed by atoms with van der Waals surface area (Å²) in [6, 6.07) is 83.6. The highest BCUT2D eigenvalue weighted by Gasteiger charge is 2.46. The Morgan fingerprint density at radius 2 is 0.887 bits per heavy atom. The molecule has 1 aliphatic rings. The molecule has 11 aromatic rings. The fraction of sp³-hybridized carbons (Fsp3) is 0.0169. The van der Waals surface area contributed by atoms with Crippen molar-refractivity contribution >= 4 is 31.6 Å². The zero-order valence-electron chi connectivity index (χ0n) is 33.7. The maximum atomic E-state index is 5.57. The quantitative estimate of drug-likeness (QED) is 0.160. The molecule has 0 fully saturated rings. The van der Waals surface area contributed by atoms with Crippen LogP contribution in [0.25, 0.3) is 87.5 Å². The predicted molar refractivity (Wildman–Crippen MR) is 259 cm³/mol. The van der Waals surface area contributed by atoms with Crippen molar-refractivity contribution < 1.29 is 0 Å². The lowest BCUT2D eigenvalue weighted by atomic mass is 9.67. The first kappa shape index (κ1) is 36.2. The molecule has 0 spiro atoms. The maximum Gasteiger partial charge on any atom is 0.161 e. The van der Waals surface area contributed by atoms with Gasteiger partial charge in [-0.25, -0.2) is 9.97 Å². The van der Waals surface area contributed by atoms with Gasteiger partial charge in [0.2, 0.25) is 0 Å². The molecule has 0 aliphatic heterocycles. The van der Waals surface area contributed by atoms with Crippen molar-refractivity contribution in [1.82, 2.24) is 9.97 Å². The van der Waals surface area contributed by atoms with E-state index in [1.165, 1.54) is 38.1 Å². The number of benzene rings is 9. The zero-order chi connectivity index (χ0) is 41.0. The summed E-state index contributed by atoms with van der Waals surface area (Å²) in [5.74, 6) is 0.705. The molecule has 3 heteroatoms. The molecule has 2 nitrogen and oxygen atoms in total. The van der Waals surface area contributed by atoms with Crippen LogP contribution in [0.5, 0.6) is 0 Å². The number of hydrogen-bond donors (Lipinski definition) is 0. The Kier molecular flexibility index (Phi) is 8.62. The van der Waals surface area contributed by atoms with Crippen molar-refractivity contribution in [3.8, 4) is 67.2 Å². The van der Waals surface area contributed by atoms with E-state index in [-0.39, 0.29) is 0 Å². The van der Waals surface area contributed by atoms with E-state index in [0.29, 0.717) is 5.82 Å². The Bertz CT molecular complexity index is 3390. The molecule has 2 heterocycles. The van der Waals surface area contributed by atoms with E-state index in [0.717, 1.165) is 65.8 Å². The van der Waals surface area contributed by atoms with Crippen LogP contribution in [0.2, 0.25) is 0 Å². The number of rotatable bonds is 7. The van der Waals surface area contributed by atoms with Gasteiger partial charge >= 0.3 is 0 Å².